The Morgan fingerprint density at radius 2 is 2.04 bits per heavy atom. The van der Waals surface area contributed by atoms with Gasteiger partial charge in [0.25, 0.3) is 10.0 Å². The minimum absolute atomic E-state index is 0.00694. The van der Waals surface area contributed by atoms with Crippen molar-refractivity contribution >= 4 is 27.3 Å². The molecule has 2 fully saturated rings. The monoisotopic (exact) mass is 385 g/mol. The molecule has 6 nitrogen and oxygen atoms in total. The summed E-state index contributed by atoms with van der Waals surface area (Å²) in [5.74, 6) is -0.247. The molecular formula is C17H27N3O3S2. The second-order valence-electron chi connectivity index (χ2n) is 6.83. The van der Waals surface area contributed by atoms with Gasteiger partial charge in [0.2, 0.25) is 5.91 Å². The molecule has 1 atom stereocenters. The number of thiophene rings is 1. The first-order valence-corrected chi connectivity index (χ1v) is 11.4. The highest BCUT2D eigenvalue weighted by Crippen LogP contribution is 2.26. The Hall–Kier alpha value is -0.960. The average Bonchev–Trinajstić information content (AvgIpc) is 3.32. The number of nitrogens with one attached hydrogen (secondary N) is 1. The van der Waals surface area contributed by atoms with E-state index in [2.05, 4.69) is 10.2 Å². The number of rotatable bonds is 7. The molecule has 8 heteroatoms. The fourth-order valence-electron chi connectivity index (χ4n) is 3.58. The van der Waals surface area contributed by atoms with E-state index in [0.29, 0.717) is 17.3 Å². The van der Waals surface area contributed by atoms with Gasteiger partial charge in [-0.25, -0.2) is 8.42 Å². The van der Waals surface area contributed by atoms with Crippen molar-refractivity contribution in [2.45, 2.75) is 36.3 Å². The maximum Gasteiger partial charge on any atom is 0.252 e. The summed E-state index contributed by atoms with van der Waals surface area (Å²) in [6.07, 6.45) is 5.01. The van der Waals surface area contributed by atoms with Crippen molar-refractivity contribution in [1.82, 2.24) is 14.5 Å². The summed E-state index contributed by atoms with van der Waals surface area (Å²) in [6.45, 7) is 4.84. The maximum absolute atomic E-state index is 12.6. The van der Waals surface area contributed by atoms with Gasteiger partial charge in [-0.15, -0.1) is 11.3 Å². The van der Waals surface area contributed by atoms with Crippen LogP contribution in [0, 0.1) is 5.92 Å². The van der Waals surface area contributed by atoms with E-state index in [-0.39, 0.29) is 18.4 Å². The molecule has 3 heterocycles. The van der Waals surface area contributed by atoms with Crippen molar-refractivity contribution in [1.29, 1.82) is 0 Å². The Morgan fingerprint density at radius 3 is 2.76 bits per heavy atom. The van der Waals surface area contributed by atoms with Crippen LogP contribution in [0.3, 0.4) is 0 Å². The van der Waals surface area contributed by atoms with Gasteiger partial charge >= 0.3 is 0 Å². The third-order valence-electron chi connectivity index (χ3n) is 4.99. The summed E-state index contributed by atoms with van der Waals surface area (Å²) in [7, 11) is -3.46. The van der Waals surface area contributed by atoms with Crippen molar-refractivity contribution in [2.75, 3.05) is 39.3 Å². The molecule has 0 radical (unpaired) electrons. The number of amides is 1. The van der Waals surface area contributed by atoms with Gasteiger partial charge < -0.3 is 10.2 Å². The van der Waals surface area contributed by atoms with Crippen molar-refractivity contribution in [3.8, 4) is 0 Å². The largest absolute Gasteiger partial charge is 0.356 e. The first-order valence-electron chi connectivity index (χ1n) is 9.11. The van der Waals surface area contributed by atoms with Gasteiger partial charge in [-0.2, -0.15) is 4.31 Å². The van der Waals surface area contributed by atoms with Crippen LogP contribution in [0.4, 0.5) is 0 Å². The first kappa shape index (κ1) is 18.8. The van der Waals surface area contributed by atoms with Crippen LogP contribution < -0.4 is 5.32 Å². The van der Waals surface area contributed by atoms with Crippen molar-refractivity contribution < 1.29 is 13.2 Å². The third-order valence-corrected chi connectivity index (χ3v) is 8.23. The Morgan fingerprint density at radius 1 is 1.24 bits per heavy atom. The zero-order valence-electron chi connectivity index (χ0n) is 14.5. The standard InChI is InChI=1S/C17H27N3O3S2/c21-17(18-8-5-11-19-9-1-2-10-19)15-6-3-12-20(14-15)25(22,23)16-7-4-13-24-16/h4,7,13,15H,1-3,5-6,8-12,14H2,(H,18,21)/t15-/m1/s1. The van der Waals surface area contributed by atoms with E-state index in [1.54, 1.807) is 17.5 Å². The number of hydrogen-bond acceptors (Lipinski definition) is 5. The van der Waals surface area contributed by atoms with Crippen LogP contribution in [0.2, 0.25) is 0 Å². The quantitative estimate of drug-likeness (QED) is 0.726. The second-order valence-corrected chi connectivity index (χ2v) is 9.94. The molecule has 1 amide bonds. The lowest BCUT2D eigenvalue weighted by Crippen LogP contribution is -2.45. The lowest BCUT2D eigenvalue weighted by molar-refractivity contribution is -0.126. The van der Waals surface area contributed by atoms with E-state index in [0.717, 1.165) is 25.8 Å². The molecular weight excluding hydrogens is 358 g/mol. The molecule has 0 bridgehead atoms. The molecule has 1 N–H and O–H groups in total. The first-order chi connectivity index (χ1) is 12.1. The van der Waals surface area contributed by atoms with Crippen molar-refractivity contribution in [3.05, 3.63) is 17.5 Å². The van der Waals surface area contributed by atoms with Crippen LogP contribution in [0.25, 0.3) is 0 Å². The van der Waals surface area contributed by atoms with Crippen LogP contribution >= 0.6 is 11.3 Å². The van der Waals surface area contributed by atoms with Crippen LogP contribution in [-0.2, 0) is 14.8 Å². The van der Waals surface area contributed by atoms with Gasteiger partial charge in [-0.1, -0.05) is 6.07 Å². The van der Waals surface area contributed by atoms with Crippen LogP contribution in [0.1, 0.15) is 32.1 Å². The molecule has 2 aliphatic rings. The molecule has 140 valence electrons. The van der Waals surface area contributed by atoms with Gasteiger partial charge in [-0.3, -0.25) is 4.79 Å². The van der Waals surface area contributed by atoms with E-state index in [1.165, 1.54) is 41.6 Å². The summed E-state index contributed by atoms with van der Waals surface area (Å²) in [4.78, 5) is 14.8. The third kappa shape index (κ3) is 4.81. The number of likely N-dealkylation sites (tertiary alicyclic amines) is 1. The van der Waals surface area contributed by atoms with E-state index in [9.17, 15) is 13.2 Å². The van der Waals surface area contributed by atoms with E-state index < -0.39 is 10.0 Å². The molecule has 2 saturated heterocycles. The van der Waals surface area contributed by atoms with E-state index in [1.807, 2.05) is 0 Å². The summed E-state index contributed by atoms with van der Waals surface area (Å²) in [5.41, 5.74) is 0. The Bertz CT molecular complexity index is 655. The van der Waals surface area contributed by atoms with E-state index >= 15 is 0 Å². The summed E-state index contributed by atoms with van der Waals surface area (Å²) in [6, 6.07) is 3.37. The van der Waals surface area contributed by atoms with Crippen LogP contribution in [0.5, 0.6) is 0 Å². The number of sulfonamides is 1. The van der Waals surface area contributed by atoms with Gasteiger partial charge in [0.1, 0.15) is 4.21 Å². The van der Waals surface area contributed by atoms with Crippen LogP contribution in [0.15, 0.2) is 21.7 Å². The lowest BCUT2D eigenvalue weighted by Gasteiger charge is -2.30. The number of carbonyl (C=O) groups excluding carboxylic acids is 1. The summed E-state index contributed by atoms with van der Waals surface area (Å²) >= 11 is 1.23. The Kier molecular flexibility index (Phi) is 6.49. The number of nitrogens with zero attached hydrogens (tertiary/aromatic N) is 2. The molecule has 0 aliphatic carbocycles. The molecule has 0 aromatic carbocycles. The SMILES string of the molecule is O=C(NCCCN1CCCC1)[C@@H]1CCCN(S(=O)(=O)c2cccs2)C1. The van der Waals surface area contributed by atoms with Gasteiger partial charge in [0, 0.05) is 19.6 Å². The highest BCUT2D eigenvalue weighted by Gasteiger charge is 2.33. The van der Waals surface area contributed by atoms with E-state index in [4.69, 9.17) is 0 Å². The number of carbonyl (C=O) groups is 1. The fourth-order valence-corrected chi connectivity index (χ4v) is 6.25. The fraction of sp³-hybridized carbons (Fsp3) is 0.706. The Labute approximate surface area is 154 Å². The highest BCUT2D eigenvalue weighted by molar-refractivity contribution is 7.91. The van der Waals surface area contributed by atoms with Gasteiger partial charge in [0.05, 0.1) is 5.92 Å². The highest BCUT2D eigenvalue weighted by atomic mass is 32.2. The minimum Gasteiger partial charge on any atom is -0.356 e. The van der Waals surface area contributed by atoms with Gasteiger partial charge in [0.15, 0.2) is 0 Å². The predicted molar refractivity (Wildman–Crippen MR) is 99.1 cm³/mol. The molecule has 1 aromatic heterocycles. The normalized spacial score (nSPS) is 23.0. The van der Waals surface area contributed by atoms with Crippen molar-refractivity contribution in [2.24, 2.45) is 5.92 Å². The number of piperidine rings is 1. The summed E-state index contributed by atoms with van der Waals surface area (Å²) in [5, 5.41) is 4.76. The average molecular weight is 386 g/mol. The Balaban J connectivity index is 1.46. The minimum atomic E-state index is -3.46. The second kappa shape index (κ2) is 8.62. The smallest absolute Gasteiger partial charge is 0.252 e. The summed E-state index contributed by atoms with van der Waals surface area (Å²) < 4.78 is 27.1. The van der Waals surface area contributed by atoms with Crippen LogP contribution in [-0.4, -0.2) is 62.8 Å². The zero-order chi connectivity index (χ0) is 17.7. The maximum atomic E-state index is 12.6. The van der Waals surface area contributed by atoms with Crippen molar-refractivity contribution in [3.63, 3.8) is 0 Å². The molecule has 1 aromatic rings. The topological polar surface area (TPSA) is 69.7 Å². The molecule has 0 spiro atoms. The molecule has 0 saturated carbocycles. The predicted octanol–water partition coefficient (Wildman–Crippen LogP) is 1.75. The number of hydrogen-bond donors (Lipinski definition) is 1. The zero-order valence-corrected chi connectivity index (χ0v) is 16.2. The molecule has 2 aliphatic heterocycles. The molecule has 0 unspecified atom stereocenters. The lowest BCUT2D eigenvalue weighted by atomic mass is 9.99. The molecule has 25 heavy (non-hydrogen) atoms. The molecule has 3 rings (SSSR count). The van der Waals surface area contributed by atoms with Gasteiger partial charge in [-0.05, 0) is 63.2 Å².